The summed E-state index contributed by atoms with van der Waals surface area (Å²) in [6.07, 6.45) is 3.63. The fourth-order valence-corrected chi connectivity index (χ4v) is 2.90. The van der Waals surface area contributed by atoms with Crippen molar-refractivity contribution < 1.29 is 4.39 Å². The van der Waals surface area contributed by atoms with Gasteiger partial charge in [0.25, 0.3) is 0 Å². The van der Waals surface area contributed by atoms with Crippen LogP contribution in [-0.2, 0) is 0 Å². The molecule has 1 N–H and O–H groups in total. The lowest BCUT2D eigenvalue weighted by Crippen LogP contribution is -2.31. The van der Waals surface area contributed by atoms with E-state index in [9.17, 15) is 4.39 Å². The van der Waals surface area contributed by atoms with E-state index in [1.165, 1.54) is 12.8 Å². The van der Waals surface area contributed by atoms with Crippen molar-refractivity contribution in [2.24, 2.45) is 5.92 Å². The maximum absolute atomic E-state index is 14.4. The van der Waals surface area contributed by atoms with Gasteiger partial charge in [0, 0.05) is 29.9 Å². The molecule has 1 saturated carbocycles. The molecule has 1 atom stereocenters. The third-order valence-corrected chi connectivity index (χ3v) is 4.22. The Bertz CT molecular complexity index is 455. The van der Waals surface area contributed by atoms with E-state index in [0.29, 0.717) is 12.0 Å². The van der Waals surface area contributed by atoms with Crippen LogP contribution in [0.3, 0.4) is 0 Å². The summed E-state index contributed by atoms with van der Waals surface area (Å²) in [6, 6.07) is 6.17. The molecular formula is C18H29FN2. The van der Waals surface area contributed by atoms with Gasteiger partial charge in [-0.05, 0) is 50.8 Å². The topological polar surface area (TPSA) is 15.3 Å². The van der Waals surface area contributed by atoms with Crippen molar-refractivity contribution in [3.05, 3.63) is 29.6 Å². The van der Waals surface area contributed by atoms with Crippen LogP contribution in [0.2, 0.25) is 0 Å². The molecule has 0 radical (unpaired) electrons. The zero-order chi connectivity index (χ0) is 15.4. The first-order valence-electron chi connectivity index (χ1n) is 8.33. The van der Waals surface area contributed by atoms with Gasteiger partial charge in [-0.25, -0.2) is 4.39 Å². The highest BCUT2D eigenvalue weighted by Gasteiger charge is 2.31. The predicted octanol–water partition coefficient (Wildman–Crippen LogP) is 4.51. The number of nitrogens with one attached hydrogen (secondary N) is 1. The molecule has 1 aromatic rings. The molecule has 0 aromatic heterocycles. The van der Waals surface area contributed by atoms with Crippen LogP contribution in [0.5, 0.6) is 0 Å². The lowest BCUT2D eigenvalue weighted by Gasteiger charge is -2.30. The number of anilines is 1. The molecule has 0 bridgehead atoms. The highest BCUT2D eigenvalue weighted by atomic mass is 19.1. The summed E-state index contributed by atoms with van der Waals surface area (Å²) in [5, 5.41) is 3.36. The minimum absolute atomic E-state index is 0.0477. The standard InChI is InChI=1S/C18H29FN2/c1-5-20-14(4)18-16(19)7-6-8-17(18)21(15-9-10-15)12-11-13(2)3/h6-8,13-15,20H,5,9-12H2,1-4H3. The molecule has 3 heteroatoms. The summed E-state index contributed by atoms with van der Waals surface area (Å²) >= 11 is 0. The fourth-order valence-electron chi connectivity index (χ4n) is 2.90. The van der Waals surface area contributed by atoms with Gasteiger partial charge in [-0.3, -0.25) is 0 Å². The van der Waals surface area contributed by atoms with Gasteiger partial charge in [-0.2, -0.15) is 0 Å². The number of hydrogen-bond donors (Lipinski definition) is 1. The molecule has 0 saturated heterocycles. The minimum atomic E-state index is -0.0869. The van der Waals surface area contributed by atoms with E-state index in [1.807, 2.05) is 6.07 Å². The Balaban J connectivity index is 2.28. The molecular weight excluding hydrogens is 263 g/mol. The van der Waals surface area contributed by atoms with E-state index in [0.717, 1.165) is 30.8 Å². The van der Waals surface area contributed by atoms with Crippen LogP contribution < -0.4 is 10.2 Å². The first-order chi connectivity index (χ1) is 10.0. The average Bonchev–Trinajstić information content (AvgIpc) is 3.23. The Labute approximate surface area is 128 Å². The monoisotopic (exact) mass is 292 g/mol. The summed E-state index contributed by atoms with van der Waals surface area (Å²) in [4.78, 5) is 2.44. The number of benzene rings is 1. The van der Waals surface area contributed by atoms with E-state index < -0.39 is 0 Å². The Morgan fingerprint density at radius 1 is 1.29 bits per heavy atom. The van der Waals surface area contributed by atoms with Crippen molar-refractivity contribution in [3.63, 3.8) is 0 Å². The van der Waals surface area contributed by atoms with Crippen molar-refractivity contribution in [1.29, 1.82) is 0 Å². The fraction of sp³-hybridized carbons (Fsp3) is 0.667. The maximum Gasteiger partial charge on any atom is 0.130 e. The number of hydrogen-bond acceptors (Lipinski definition) is 2. The van der Waals surface area contributed by atoms with E-state index >= 15 is 0 Å². The summed E-state index contributed by atoms with van der Waals surface area (Å²) in [5.41, 5.74) is 1.92. The minimum Gasteiger partial charge on any atom is -0.368 e. The second kappa shape index (κ2) is 7.26. The molecule has 21 heavy (non-hydrogen) atoms. The third-order valence-electron chi connectivity index (χ3n) is 4.22. The van der Waals surface area contributed by atoms with E-state index in [4.69, 9.17) is 0 Å². The van der Waals surface area contributed by atoms with Crippen LogP contribution in [0.15, 0.2) is 18.2 Å². The molecule has 1 aliphatic rings. The van der Waals surface area contributed by atoms with Crippen molar-refractivity contribution in [1.82, 2.24) is 5.32 Å². The van der Waals surface area contributed by atoms with Crippen LogP contribution in [0, 0.1) is 11.7 Å². The summed E-state index contributed by atoms with van der Waals surface area (Å²) in [5.74, 6) is 0.589. The molecule has 1 unspecified atom stereocenters. The number of halogens is 1. The van der Waals surface area contributed by atoms with Crippen LogP contribution in [-0.4, -0.2) is 19.1 Å². The van der Waals surface area contributed by atoms with Gasteiger partial charge >= 0.3 is 0 Å². The molecule has 0 amide bonds. The van der Waals surface area contributed by atoms with E-state index in [2.05, 4.69) is 44.0 Å². The zero-order valence-corrected chi connectivity index (χ0v) is 13.8. The Morgan fingerprint density at radius 3 is 2.57 bits per heavy atom. The van der Waals surface area contributed by atoms with Crippen LogP contribution in [0.4, 0.5) is 10.1 Å². The van der Waals surface area contributed by atoms with Crippen molar-refractivity contribution in [2.75, 3.05) is 18.0 Å². The van der Waals surface area contributed by atoms with E-state index in [1.54, 1.807) is 6.07 Å². The summed E-state index contributed by atoms with van der Waals surface area (Å²) < 4.78 is 14.4. The van der Waals surface area contributed by atoms with Crippen molar-refractivity contribution >= 4 is 5.69 Å². The lowest BCUT2D eigenvalue weighted by molar-refractivity contribution is 0.532. The van der Waals surface area contributed by atoms with Gasteiger partial charge in [-0.1, -0.05) is 26.8 Å². The van der Waals surface area contributed by atoms with Crippen LogP contribution in [0.1, 0.15) is 58.6 Å². The SMILES string of the molecule is CCNC(C)c1c(F)cccc1N(CCC(C)C)C1CC1. The Hall–Kier alpha value is -1.09. The normalized spacial score (nSPS) is 16.3. The van der Waals surface area contributed by atoms with Gasteiger partial charge in [0.2, 0.25) is 0 Å². The molecule has 1 fully saturated rings. The summed E-state index contributed by atoms with van der Waals surface area (Å²) in [7, 11) is 0. The van der Waals surface area contributed by atoms with Crippen LogP contribution in [0.25, 0.3) is 0 Å². The van der Waals surface area contributed by atoms with Gasteiger partial charge in [0.05, 0.1) is 0 Å². The molecule has 1 aromatic carbocycles. The van der Waals surface area contributed by atoms with Gasteiger partial charge in [0.1, 0.15) is 5.82 Å². The zero-order valence-electron chi connectivity index (χ0n) is 13.8. The van der Waals surface area contributed by atoms with Gasteiger partial charge in [0.15, 0.2) is 0 Å². The molecule has 1 aliphatic carbocycles. The van der Waals surface area contributed by atoms with E-state index in [-0.39, 0.29) is 11.9 Å². The second-order valence-electron chi connectivity index (χ2n) is 6.56. The second-order valence-corrected chi connectivity index (χ2v) is 6.56. The Kier molecular flexibility index (Phi) is 5.63. The molecule has 0 spiro atoms. The highest BCUT2D eigenvalue weighted by molar-refractivity contribution is 5.57. The summed E-state index contributed by atoms with van der Waals surface area (Å²) in [6.45, 7) is 10.5. The predicted molar refractivity (Wildman–Crippen MR) is 88.3 cm³/mol. The lowest BCUT2D eigenvalue weighted by atomic mass is 10.0. The maximum atomic E-state index is 14.4. The quantitative estimate of drug-likeness (QED) is 0.758. The molecule has 2 nitrogen and oxygen atoms in total. The average molecular weight is 292 g/mol. The van der Waals surface area contributed by atoms with Crippen LogP contribution >= 0.6 is 0 Å². The van der Waals surface area contributed by atoms with Gasteiger partial charge < -0.3 is 10.2 Å². The van der Waals surface area contributed by atoms with Gasteiger partial charge in [-0.15, -0.1) is 0 Å². The Morgan fingerprint density at radius 2 is 2.00 bits per heavy atom. The van der Waals surface area contributed by atoms with Crippen molar-refractivity contribution in [2.45, 2.75) is 59.0 Å². The third kappa shape index (κ3) is 4.19. The largest absolute Gasteiger partial charge is 0.368 e. The first kappa shape index (κ1) is 16.3. The number of nitrogens with zero attached hydrogens (tertiary/aromatic N) is 1. The van der Waals surface area contributed by atoms with Crippen molar-refractivity contribution in [3.8, 4) is 0 Å². The molecule has 0 heterocycles. The number of rotatable bonds is 8. The molecule has 118 valence electrons. The molecule has 2 rings (SSSR count). The smallest absolute Gasteiger partial charge is 0.130 e. The first-order valence-corrected chi connectivity index (χ1v) is 8.33. The highest BCUT2D eigenvalue weighted by Crippen LogP contribution is 2.37. The molecule has 0 aliphatic heterocycles.